The first-order valence-corrected chi connectivity index (χ1v) is 19.0. The molecule has 0 radical (unpaired) electrons. The van der Waals surface area contributed by atoms with Gasteiger partial charge in [0.25, 0.3) is 0 Å². The molecule has 0 N–H and O–H groups in total. The van der Waals surface area contributed by atoms with Crippen molar-refractivity contribution in [2.24, 2.45) is 0 Å². The van der Waals surface area contributed by atoms with Crippen molar-refractivity contribution in [3.63, 3.8) is 0 Å². The lowest BCUT2D eigenvalue weighted by molar-refractivity contribution is 0.659. The maximum atomic E-state index is 7.10. The lowest BCUT2D eigenvalue weighted by Gasteiger charge is -2.29. The average molecular weight is 694 g/mol. The summed E-state index contributed by atoms with van der Waals surface area (Å²) >= 11 is 0. The first-order chi connectivity index (χ1) is 26.3. The Kier molecular flexibility index (Phi) is 6.39. The molecule has 1 aromatic heterocycles. The number of para-hydroxylation sites is 1. The minimum absolute atomic E-state index is 0.132. The fraction of sp³-hybridized carbons (Fsp3) is 0.115. The summed E-state index contributed by atoms with van der Waals surface area (Å²) < 4.78 is 7.10. The molecule has 2 aliphatic carbocycles. The van der Waals surface area contributed by atoms with Crippen molar-refractivity contribution in [2.45, 2.75) is 38.5 Å². The number of nitrogens with zero attached hydrogens (tertiary/aromatic N) is 1. The Morgan fingerprint density at radius 2 is 0.926 bits per heavy atom. The van der Waals surface area contributed by atoms with Crippen LogP contribution in [0.15, 0.2) is 168 Å². The number of benzene rings is 8. The Bertz CT molecular complexity index is 2890. The predicted molar refractivity (Wildman–Crippen MR) is 226 cm³/mol. The zero-order valence-corrected chi connectivity index (χ0v) is 30.9. The molecule has 258 valence electrons. The second-order valence-electron chi connectivity index (χ2n) is 16.1. The predicted octanol–water partition coefficient (Wildman–Crippen LogP) is 14.5. The van der Waals surface area contributed by atoms with Crippen LogP contribution in [0.25, 0.3) is 66.1 Å². The number of fused-ring (bicyclic) bond motifs is 11. The third kappa shape index (κ3) is 4.23. The Morgan fingerprint density at radius 1 is 0.407 bits per heavy atom. The van der Waals surface area contributed by atoms with E-state index in [1.807, 2.05) is 0 Å². The van der Waals surface area contributed by atoms with E-state index in [4.69, 9.17) is 4.42 Å². The Labute approximate surface area is 315 Å². The molecule has 0 saturated heterocycles. The quantitative estimate of drug-likeness (QED) is 0.182. The van der Waals surface area contributed by atoms with Crippen LogP contribution < -0.4 is 4.90 Å². The van der Waals surface area contributed by atoms with Crippen molar-refractivity contribution in [3.05, 3.63) is 186 Å². The highest BCUT2D eigenvalue weighted by atomic mass is 16.3. The molecule has 1 heterocycles. The molecule has 8 aromatic carbocycles. The summed E-state index contributed by atoms with van der Waals surface area (Å²) in [7, 11) is 0. The standard InChI is InChI=1S/C52H39NO/c1-51(2)43-22-12-10-18-36(43)38-27-25-33(29-45(38)51)53(34-26-28-39-37-19-11-13-23-44(37)52(3,4)46(39)30-34)47-24-14-21-41-49-40-20-9-8-17-35(40)42(31-48(49)54-50(41)47)32-15-6-5-7-16-32/h5-31H,1-4H3. The number of hydrogen-bond acceptors (Lipinski definition) is 2. The second-order valence-corrected chi connectivity index (χ2v) is 16.1. The number of hydrogen-bond donors (Lipinski definition) is 0. The van der Waals surface area contributed by atoms with E-state index in [9.17, 15) is 0 Å². The van der Waals surface area contributed by atoms with Crippen molar-refractivity contribution in [2.75, 3.05) is 4.90 Å². The summed E-state index contributed by atoms with van der Waals surface area (Å²) in [5.74, 6) is 0. The molecule has 0 atom stereocenters. The van der Waals surface area contributed by atoms with E-state index in [2.05, 4.69) is 196 Å². The highest BCUT2D eigenvalue weighted by molar-refractivity contribution is 6.23. The van der Waals surface area contributed by atoms with Crippen LogP contribution in [0.2, 0.25) is 0 Å². The fourth-order valence-electron chi connectivity index (χ4n) is 9.77. The second kappa shape index (κ2) is 11.1. The van der Waals surface area contributed by atoms with E-state index in [0.29, 0.717) is 0 Å². The molecule has 9 aromatic rings. The largest absolute Gasteiger partial charge is 0.454 e. The zero-order valence-electron chi connectivity index (χ0n) is 30.9. The summed E-state index contributed by atoms with van der Waals surface area (Å²) in [5.41, 5.74) is 17.8. The van der Waals surface area contributed by atoms with Crippen LogP contribution in [0.1, 0.15) is 49.9 Å². The number of rotatable bonds is 4. The fourth-order valence-corrected chi connectivity index (χ4v) is 9.77. The molecule has 2 heteroatoms. The number of anilines is 3. The van der Waals surface area contributed by atoms with Crippen molar-refractivity contribution >= 4 is 49.8 Å². The zero-order chi connectivity index (χ0) is 36.3. The van der Waals surface area contributed by atoms with Crippen LogP contribution in [0.5, 0.6) is 0 Å². The summed E-state index contributed by atoms with van der Waals surface area (Å²) in [6, 6.07) is 60.2. The Hall–Kier alpha value is -6.38. The van der Waals surface area contributed by atoms with Crippen molar-refractivity contribution in [1.29, 1.82) is 0 Å². The molecule has 0 spiro atoms. The van der Waals surface area contributed by atoms with Crippen molar-refractivity contribution < 1.29 is 4.42 Å². The maximum absolute atomic E-state index is 7.10. The summed E-state index contributed by atoms with van der Waals surface area (Å²) in [4.78, 5) is 2.43. The molecule has 0 aliphatic heterocycles. The van der Waals surface area contributed by atoms with Gasteiger partial charge in [0.15, 0.2) is 5.58 Å². The molecule has 0 amide bonds. The SMILES string of the molecule is CC1(C)c2ccccc2-c2ccc(N(c3ccc4c(c3)C(C)(C)c3ccccc3-4)c3cccc4c3oc3cc(-c5ccccc5)c5ccccc5c34)cc21. The van der Waals surface area contributed by atoms with Gasteiger partial charge in [0, 0.05) is 33.0 Å². The summed E-state index contributed by atoms with van der Waals surface area (Å²) in [6.45, 7) is 9.43. The van der Waals surface area contributed by atoms with Gasteiger partial charge in [0.2, 0.25) is 0 Å². The topological polar surface area (TPSA) is 16.4 Å². The van der Waals surface area contributed by atoms with E-state index >= 15 is 0 Å². The monoisotopic (exact) mass is 693 g/mol. The van der Waals surface area contributed by atoms with Gasteiger partial charge < -0.3 is 9.32 Å². The van der Waals surface area contributed by atoms with Gasteiger partial charge in [-0.15, -0.1) is 0 Å². The minimum atomic E-state index is -0.132. The van der Waals surface area contributed by atoms with Crippen LogP contribution in [0.3, 0.4) is 0 Å². The molecule has 0 bridgehead atoms. The van der Waals surface area contributed by atoms with Gasteiger partial charge in [-0.1, -0.05) is 155 Å². The summed E-state index contributed by atoms with van der Waals surface area (Å²) in [6.07, 6.45) is 0. The van der Waals surface area contributed by atoms with E-state index in [0.717, 1.165) is 39.0 Å². The molecular weight excluding hydrogens is 655 g/mol. The van der Waals surface area contributed by atoms with Gasteiger partial charge in [-0.3, -0.25) is 0 Å². The van der Waals surface area contributed by atoms with Crippen molar-refractivity contribution in [3.8, 4) is 33.4 Å². The lowest BCUT2D eigenvalue weighted by atomic mass is 9.82. The van der Waals surface area contributed by atoms with Gasteiger partial charge in [0.05, 0.1) is 5.69 Å². The van der Waals surface area contributed by atoms with Crippen LogP contribution in [0, 0.1) is 0 Å². The molecular formula is C52H39NO. The average Bonchev–Trinajstić information content (AvgIpc) is 3.78. The Morgan fingerprint density at radius 3 is 1.56 bits per heavy atom. The van der Waals surface area contributed by atoms with Gasteiger partial charge in [-0.05, 0) is 103 Å². The first-order valence-electron chi connectivity index (χ1n) is 19.0. The highest BCUT2D eigenvalue weighted by Gasteiger charge is 2.38. The molecule has 54 heavy (non-hydrogen) atoms. The van der Waals surface area contributed by atoms with E-state index < -0.39 is 0 Å². The first kappa shape index (κ1) is 31.2. The number of furan rings is 1. The molecule has 11 rings (SSSR count). The van der Waals surface area contributed by atoms with Crippen LogP contribution in [-0.2, 0) is 10.8 Å². The van der Waals surface area contributed by atoms with Crippen LogP contribution >= 0.6 is 0 Å². The normalized spacial score (nSPS) is 14.6. The lowest BCUT2D eigenvalue weighted by Crippen LogP contribution is -2.18. The molecule has 2 nitrogen and oxygen atoms in total. The Balaban J connectivity index is 1.18. The smallest absolute Gasteiger partial charge is 0.159 e. The molecule has 2 aliphatic rings. The van der Waals surface area contributed by atoms with Gasteiger partial charge in [-0.2, -0.15) is 0 Å². The molecule has 0 saturated carbocycles. The maximum Gasteiger partial charge on any atom is 0.159 e. The van der Waals surface area contributed by atoms with Gasteiger partial charge >= 0.3 is 0 Å². The third-order valence-electron chi connectivity index (χ3n) is 12.5. The van der Waals surface area contributed by atoms with Crippen LogP contribution in [-0.4, -0.2) is 0 Å². The van der Waals surface area contributed by atoms with E-state index in [-0.39, 0.29) is 10.8 Å². The minimum Gasteiger partial charge on any atom is -0.454 e. The van der Waals surface area contributed by atoms with Crippen molar-refractivity contribution in [1.82, 2.24) is 0 Å². The van der Waals surface area contributed by atoms with Gasteiger partial charge in [-0.25, -0.2) is 0 Å². The molecule has 0 fully saturated rings. The van der Waals surface area contributed by atoms with Crippen LogP contribution in [0.4, 0.5) is 17.1 Å². The van der Waals surface area contributed by atoms with Gasteiger partial charge in [0.1, 0.15) is 5.58 Å². The van der Waals surface area contributed by atoms with E-state index in [1.165, 1.54) is 66.4 Å². The molecule has 0 unspecified atom stereocenters. The highest BCUT2D eigenvalue weighted by Crippen LogP contribution is 2.54. The van der Waals surface area contributed by atoms with E-state index in [1.54, 1.807) is 0 Å². The third-order valence-corrected chi connectivity index (χ3v) is 12.5. The summed E-state index contributed by atoms with van der Waals surface area (Å²) in [5, 5.41) is 4.69.